The lowest BCUT2D eigenvalue weighted by molar-refractivity contribution is -0.139. The first kappa shape index (κ1) is 50.4. The maximum Gasteiger partial charge on any atom is 0.320 e. The van der Waals surface area contributed by atoms with Crippen molar-refractivity contribution in [3.05, 3.63) is 71.9 Å². The van der Waals surface area contributed by atoms with Gasteiger partial charge in [-0.15, -0.1) is 0 Å². The number of nitrogens with zero attached hydrogens (tertiary/aromatic N) is 1. The first-order valence-electron chi connectivity index (χ1n) is 17.8. The molecule has 2 heterocycles. The quantitative estimate of drug-likeness (QED) is 0.0565. The van der Waals surface area contributed by atoms with Gasteiger partial charge >= 0.3 is 29.8 Å². The van der Waals surface area contributed by atoms with E-state index in [-0.39, 0.29) is 12.0 Å². The van der Waals surface area contributed by atoms with E-state index in [0.717, 1.165) is 41.4 Å². The Bertz CT molecular complexity index is 1640. The van der Waals surface area contributed by atoms with Crippen LogP contribution in [0.2, 0.25) is 0 Å². The number of H-pyrrole nitrogens is 1. The van der Waals surface area contributed by atoms with Gasteiger partial charge in [-0.3, -0.25) is 29.0 Å². The van der Waals surface area contributed by atoms with Crippen molar-refractivity contribution in [2.75, 3.05) is 13.1 Å². The van der Waals surface area contributed by atoms with Gasteiger partial charge in [0, 0.05) is 30.1 Å². The number of aliphatic carboxylic acids is 5. The molecule has 0 saturated carbocycles. The first-order chi connectivity index (χ1) is 26.3. The lowest BCUT2D eigenvalue weighted by atomic mass is 10.1. The predicted molar refractivity (Wildman–Crippen MR) is 213 cm³/mol. The van der Waals surface area contributed by atoms with Crippen LogP contribution in [0, 0.1) is 5.92 Å². The SMILES string of the molecule is CC(C)CC(N)C(=O)O.NC(Cc1c[nH]c2ccccc12)C(=O)O.NC(Cc1ccccc1)C(=O)O.NC(N)=NCCCC(N)C(=O)O.O=C(O)[C@@H]1CCCN1. The summed E-state index contributed by atoms with van der Waals surface area (Å²) in [5.74, 6) is -4.19. The number of aliphatic imine (C=N–C) groups is 1. The highest BCUT2D eigenvalue weighted by Gasteiger charge is 2.20. The van der Waals surface area contributed by atoms with Gasteiger partial charge in [0.05, 0.1) is 0 Å². The zero-order valence-electron chi connectivity index (χ0n) is 31.8. The maximum absolute atomic E-state index is 10.6. The number of aromatic nitrogens is 1. The summed E-state index contributed by atoms with van der Waals surface area (Å²) in [6.45, 7) is 5.17. The van der Waals surface area contributed by atoms with Crippen molar-refractivity contribution in [1.82, 2.24) is 10.3 Å². The van der Waals surface area contributed by atoms with Gasteiger partial charge in [0.15, 0.2) is 5.96 Å². The minimum absolute atomic E-state index is 0.0129. The molecule has 1 saturated heterocycles. The lowest BCUT2D eigenvalue weighted by Gasteiger charge is -2.07. The van der Waals surface area contributed by atoms with Crippen LogP contribution in [0.3, 0.4) is 0 Å². The molecule has 0 amide bonds. The second kappa shape index (κ2) is 27.9. The van der Waals surface area contributed by atoms with Gasteiger partial charge in [0.25, 0.3) is 0 Å². The van der Waals surface area contributed by atoms with E-state index in [2.05, 4.69) is 15.3 Å². The Kier molecular flexibility index (Phi) is 25.1. The average molecular weight is 790 g/mol. The highest BCUT2D eigenvalue weighted by molar-refractivity contribution is 5.84. The molecule has 5 atom stereocenters. The molecular weight excluding hydrogens is 730 g/mol. The van der Waals surface area contributed by atoms with Crippen LogP contribution in [0.5, 0.6) is 0 Å². The summed E-state index contributed by atoms with van der Waals surface area (Å²) in [4.78, 5) is 58.2. The molecule has 1 aliphatic heterocycles. The van der Waals surface area contributed by atoms with Gasteiger partial charge < -0.3 is 70.2 Å². The number of hydrogen-bond acceptors (Lipinski definition) is 11. The number of nitrogens with two attached hydrogens (primary N) is 6. The molecule has 1 fully saturated rings. The van der Waals surface area contributed by atoms with Crippen LogP contribution in [-0.2, 0) is 36.8 Å². The molecule has 3 aromatic rings. The summed E-state index contributed by atoms with van der Waals surface area (Å²) in [7, 11) is 0. The normalized spacial score (nSPS) is 14.9. The number of hydrogen-bond donors (Lipinski definition) is 13. The fraction of sp³-hybridized carbons (Fsp3) is 0.459. The first-order valence-corrected chi connectivity index (χ1v) is 17.8. The van der Waals surface area contributed by atoms with E-state index in [1.165, 1.54) is 0 Å². The number of aromatic amines is 1. The molecule has 0 bridgehead atoms. The van der Waals surface area contributed by atoms with E-state index in [1.54, 1.807) is 0 Å². The van der Waals surface area contributed by atoms with E-state index in [4.69, 9.17) is 59.9 Å². The minimum atomic E-state index is -1.00. The van der Waals surface area contributed by atoms with Gasteiger partial charge in [-0.25, -0.2) is 0 Å². The molecule has 1 aliphatic rings. The van der Waals surface area contributed by atoms with E-state index >= 15 is 0 Å². The van der Waals surface area contributed by atoms with Gasteiger partial charge in [-0.05, 0) is 68.2 Å². The molecule has 19 nitrogen and oxygen atoms in total. The Hall–Kier alpha value is -5.60. The largest absolute Gasteiger partial charge is 0.480 e. The number of benzene rings is 2. The summed E-state index contributed by atoms with van der Waals surface area (Å²) in [6, 6.07) is 13.7. The molecule has 2 aromatic carbocycles. The van der Waals surface area contributed by atoms with E-state index in [1.807, 2.05) is 74.6 Å². The fourth-order valence-electron chi connectivity index (χ4n) is 4.73. The van der Waals surface area contributed by atoms with E-state index < -0.39 is 54.0 Å². The standard InChI is InChI=1S/C11H12N2O2.C9H11NO2.C6H14N4O2.C6H13NO2.C5H9NO2/c12-9(11(14)15)5-7-6-13-10-4-2-1-3-8(7)10;10-8(9(11)12)6-7-4-2-1-3-5-7;7-4(5(11)12)2-1-3-10-6(8)9;1-4(2)3-5(7)6(8)9;7-5(8)4-2-1-3-6-4/h1-4,6,9,13H,5,12H2,(H,14,15);1-5,8H,6,10H2,(H,11,12);4H,1-3,7H2,(H,11,12)(H4,8,9,10);4-5H,3,7H2,1-2H3,(H,8,9);4,6H,1-3H2,(H,7,8)/t;;;;4-/m....0/s1. The maximum atomic E-state index is 10.6. The van der Waals surface area contributed by atoms with Gasteiger partial charge in [-0.2, -0.15) is 0 Å². The van der Waals surface area contributed by atoms with Gasteiger partial charge in [-0.1, -0.05) is 62.4 Å². The highest BCUT2D eigenvalue weighted by atomic mass is 16.4. The fourth-order valence-corrected chi connectivity index (χ4v) is 4.73. The van der Waals surface area contributed by atoms with E-state index in [9.17, 15) is 24.0 Å². The van der Waals surface area contributed by atoms with E-state index in [0.29, 0.717) is 44.6 Å². The Labute approximate surface area is 325 Å². The number of carbonyl (C=O) groups is 5. The number of guanidine groups is 1. The van der Waals surface area contributed by atoms with Crippen molar-refractivity contribution >= 4 is 46.7 Å². The third-order valence-corrected chi connectivity index (χ3v) is 7.73. The van der Waals surface area contributed by atoms with Crippen LogP contribution in [0.15, 0.2) is 65.8 Å². The third kappa shape index (κ3) is 23.2. The molecule has 56 heavy (non-hydrogen) atoms. The Morgan fingerprint density at radius 3 is 1.73 bits per heavy atom. The molecule has 0 spiro atoms. The predicted octanol–water partition coefficient (Wildman–Crippen LogP) is 0.483. The summed E-state index contributed by atoms with van der Waals surface area (Å²) in [5, 5.41) is 46.2. The highest BCUT2D eigenvalue weighted by Crippen LogP contribution is 2.18. The van der Waals surface area contributed by atoms with Crippen molar-refractivity contribution in [1.29, 1.82) is 0 Å². The Morgan fingerprint density at radius 1 is 0.750 bits per heavy atom. The molecule has 312 valence electrons. The molecule has 19 N–H and O–H groups in total. The summed E-state index contributed by atoms with van der Waals surface area (Å²) in [6.07, 6.45) is 5.84. The van der Waals surface area contributed by atoms with Crippen molar-refractivity contribution in [3.63, 3.8) is 0 Å². The van der Waals surface area contributed by atoms with Crippen molar-refractivity contribution in [2.45, 2.75) is 89.0 Å². The minimum Gasteiger partial charge on any atom is -0.480 e. The van der Waals surface area contributed by atoms with Crippen molar-refractivity contribution < 1.29 is 49.5 Å². The third-order valence-electron chi connectivity index (χ3n) is 7.73. The summed E-state index contributed by atoms with van der Waals surface area (Å²) < 4.78 is 0. The number of carboxylic acid groups (broad SMARTS) is 5. The Balaban J connectivity index is 0.000000687. The lowest BCUT2D eigenvalue weighted by Crippen LogP contribution is -2.32. The topological polar surface area (TPSA) is 383 Å². The molecule has 19 heteroatoms. The van der Waals surface area contributed by atoms with Crippen LogP contribution in [0.25, 0.3) is 10.9 Å². The number of carboxylic acids is 5. The van der Waals surface area contributed by atoms with Crippen LogP contribution in [-0.4, -0.2) is 110 Å². The monoisotopic (exact) mass is 789 g/mol. The van der Waals surface area contributed by atoms with Crippen LogP contribution in [0.1, 0.15) is 57.1 Å². The van der Waals surface area contributed by atoms with Crippen molar-refractivity contribution in [3.8, 4) is 0 Å². The Morgan fingerprint density at radius 2 is 1.29 bits per heavy atom. The number of fused-ring (bicyclic) bond motifs is 1. The van der Waals surface area contributed by atoms with Crippen molar-refractivity contribution in [2.24, 2.45) is 45.3 Å². The smallest absolute Gasteiger partial charge is 0.320 e. The molecule has 0 aliphatic carbocycles. The van der Waals surface area contributed by atoms with Crippen LogP contribution >= 0.6 is 0 Å². The molecule has 0 radical (unpaired) electrons. The van der Waals surface area contributed by atoms with Crippen LogP contribution in [0.4, 0.5) is 0 Å². The second-order valence-corrected chi connectivity index (χ2v) is 13.1. The zero-order chi connectivity index (χ0) is 42.8. The molecule has 1 aromatic heterocycles. The average Bonchev–Trinajstić information content (AvgIpc) is 3.82. The zero-order valence-corrected chi connectivity index (χ0v) is 31.8. The number of para-hydroxylation sites is 1. The molecule has 4 unspecified atom stereocenters. The number of rotatable bonds is 15. The second-order valence-electron chi connectivity index (χ2n) is 13.1. The summed E-state index contributed by atoms with van der Waals surface area (Å²) in [5.41, 5.74) is 34.3. The van der Waals surface area contributed by atoms with Crippen LogP contribution < -0.4 is 39.7 Å². The molecular formula is C37H59N9O10. The van der Waals surface area contributed by atoms with Gasteiger partial charge in [0.2, 0.25) is 0 Å². The van der Waals surface area contributed by atoms with Gasteiger partial charge in [0.1, 0.15) is 30.2 Å². The molecule has 4 rings (SSSR count). The summed E-state index contributed by atoms with van der Waals surface area (Å²) >= 11 is 0. The number of nitrogens with one attached hydrogen (secondary N) is 2.